The van der Waals surface area contributed by atoms with E-state index in [1.54, 1.807) is 18.2 Å². The molecule has 0 saturated carbocycles. The van der Waals surface area contributed by atoms with Crippen LogP contribution in [0.25, 0.3) is 0 Å². The molecule has 0 aliphatic carbocycles. The van der Waals surface area contributed by atoms with Crippen molar-refractivity contribution in [2.24, 2.45) is 0 Å². The fraction of sp³-hybridized carbons (Fsp3) is 0.130. The van der Waals surface area contributed by atoms with Gasteiger partial charge in [-0.15, -0.1) is 0 Å². The number of hydrogen-bond donors (Lipinski definition) is 1. The Morgan fingerprint density at radius 1 is 0.912 bits per heavy atom. The normalized spacial score (nSPS) is 11.1. The van der Waals surface area contributed by atoms with E-state index >= 15 is 0 Å². The van der Waals surface area contributed by atoms with Gasteiger partial charge in [0.15, 0.2) is 0 Å². The maximum atomic E-state index is 12.7. The smallest absolute Gasteiger partial charge is 0.337 e. The van der Waals surface area contributed by atoms with E-state index in [9.17, 15) is 18.0 Å². The molecule has 34 heavy (non-hydrogen) atoms. The zero-order valence-corrected chi connectivity index (χ0v) is 21.1. The third-order valence-electron chi connectivity index (χ3n) is 4.82. The van der Waals surface area contributed by atoms with Gasteiger partial charge in [0.05, 0.1) is 41.9 Å². The number of esters is 1. The molecule has 0 saturated heterocycles. The molecule has 0 aliphatic heterocycles. The van der Waals surface area contributed by atoms with Crippen LogP contribution in [-0.2, 0) is 21.3 Å². The molecule has 0 aromatic heterocycles. The molecule has 0 fully saturated rings. The molecule has 0 spiro atoms. The van der Waals surface area contributed by atoms with Gasteiger partial charge in [-0.3, -0.25) is 9.10 Å². The second-order valence-corrected chi connectivity index (χ2v) is 10.3. The number of rotatable bonds is 7. The Hall–Kier alpha value is -2.78. The maximum Gasteiger partial charge on any atom is 0.337 e. The summed E-state index contributed by atoms with van der Waals surface area (Å²) in [5.74, 6) is -1.08. The van der Waals surface area contributed by atoms with Crippen molar-refractivity contribution >= 4 is 68.1 Å². The summed E-state index contributed by atoms with van der Waals surface area (Å²) in [6.07, 6.45) is 1.06. The third-order valence-corrected chi connectivity index (χ3v) is 7.00. The van der Waals surface area contributed by atoms with Crippen LogP contribution in [0.15, 0.2) is 60.7 Å². The van der Waals surface area contributed by atoms with Crippen LogP contribution in [0.1, 0.15) is 26.3 Å². The summed E-state index contributed by atoms with van der Waals surface area (Å²) in [4.78, 5) is 24.5. The van der Waals surface area contributed by atoms with E-state index in [1.165, 1.54) is 49.6 Å². The van der Waals surface area contributed by atoms with E-state index in [-0.39, 0.29) is 28.4 Å². The molecule has 11 heteroatoms. The van der Waals surface area contributed by atoms with Gasteiger partial charge in [-0.1, -0.05) is 40.9 Å². The van der Waals surface area contributed by atoms with E-state index in [4.69, 9.17) is 34.8 Å². The van der Waals surface area contributed by atoms with Crippen LogP contribution >= 0.6 is 34.8 Å². The molecule has 0 bridgehead atoms. The minimum Gasteiger partial charge on any atom is -0.465 e. The fourth-order valence-electron chi connectivity index (χ4n) is 3.07. The predicted octanol–water partition coefficient (Wildman–Crippen LogP) is 5.65. The largest absolute Gasteiger partial charge is 0.465 e. The topological polar surface area (TPSA) is 92.8 Å². The highest BCUT2D eigenvalue weighted by atomic mass is 35.5. The number of anilines is 2. The zero-order valence-electron chi connectivity index (χ0n) is 18.0. The Labute approximate surface area is 212 Å². The summed E-state index contributed by atoms with van der Waals surface area (Å²) in [6, 6.07) is 15.2. The molecule has 0 heterocycles. The Bertz CT molecular complexity index is 1320. The maximum absolute atomic E-state index is 12.7. The molecule has 0 aliphatic rings. The molecule has 0 atom stereocenters. The highest BCUT2D eigenvalue weighted by Gasteiger charge is 2.21. The summed E-state index contributed by atoms with van der Waals surface area (Å²) in [6.45, 7) is -0.0845. The number of methoxy groups -OCH3 is 1. The molecule has 3 rings (SSSR count). The standard InChI is InChI=1S/C23H19Cl3N2O5S/c1-33-23(30)15-8-11-20(26)21(12-15)27-22(29)14-6-9-16(10-7-14)28(34(2,31)32)13-17-18(24)4-3-5-19(17)25/h3-12H,13H2,1-2H3,(H,27,29). The lowest BCUT2D eigenvalue weighted by Crippen LogP contribution is -2.29. The van der Waals surface area contributed by atoms with Gasteiger partial charge in [0.2, 0.25) is 10.0 Å². The van der Waals surface area contributed by atoms with Gasteiger partial charge >= 0.3 is 5.97 Å². The number of amides is 1. The lowest BCUT2D eigenvalue weighted by Gasteiger charge is -2.23. The van der Waals surface area contributed by atoms with E-state index in [1.807, 2.05) is 0 Å². The average molecular weight is 542 g/mol. The van der Waals surface area contributed by atoms with E-state index in [0.29, 0.717) is 21.3 Å². The number of carbonyl (C=O) groups is 2. The molecular weight excluding hydrogens is 523 g/mol. The molecule has 1 N–H and O–H groups in total. The van der Waals surface area contributed by atoms with Crippen LogP contribution in [0.2, 0.25) is 15.1 Å². The van der Waals surface area contributed by atoms with Crippen molar-refractivity contribution in [1.82, 2.24) is 0 Å². The lowest BCUT2D eigenvalue weighted by molar-refractivity contribution is 0.0600. The Balaban J connectivity index is 1.85. The minimum atomic E-state index is -3.70. The van der Waals surface area contributed by atoms with Gasteiger partial charge in [-0.05, 0) is 54.6 Å². The molecule has 1 amide bonds. The first-order valence-corrected chi connectivity index (χ1v) is 12.7. The van der Waals surface area contributed by atoms with Crippen LogP contribution in [0.4, 0.5) is 11.4 Å². The molecule has 0 unspecified atom stereocenters. The van der Waals surface area contributed by atoms with Crippen molar-refractivity contribution in [3.63, 3.8) is 0 Å². The first-order valence-electron chi connectivity index (χ1n) is 9.71. The van der Waals surface area contributed by atoms with Gasteiger partial charge in [0, 0.05) is 21.2 Å². The number of carbonyl (C=O) groups excluding carboxylic acids is 2. The molecule has 178 valence electrons. The van der Waals surface area contributed by atoms with Crippen molar-refractivity contribution in [3.8, 4) is 0 Å². The summed E-state index contributed by atoms with van der Waals surface area (Å²) in [5.41, 5.74) is 1.47. The SMILES string of the molecule is COC(=O)c1ccc(Cl)c(NC(=O)c2ccc(N(Cc3c(Cl)cccc3Cl)S(C)(=O)=O)cc2)c1. The molecular formula is C23H19Cl3N2O5S. The quantitative estimate of drug-likeness (QED) is 0.390. The van der Waals surface area contributed by atoms with Crippen LogP contribution in [0.5, 0.6) is 0 Å². The van der Waals surface area contributed by atoms with Gasteiger partial charge in [-0.25, -0.2) is 13.2 Å². The van der Waals surface area contributed by atoms with Crippen LogP contribution in [0.3, 0.4) is 0 Å². The Kier molecular flexibility index (Phi) is 8.09. The van der Waals surface area contributed by atoms with Crippen molar-refractivity contribution in [3.05, 3.63) is 92.4 Å². The molecule has 7 nitrogen and oxygen atoms in total. The number of benzene rings is 3. The highest BCUT2D eigenvalue weighted by molar-refractivity contribution is 7.92. The van der Waals surface area contributed by atoms with Crippen molar-refractivity contribution in [2.45, 2.75) is 6.54 Å². The van der Waals surface area contributed by atoms with Crippen molar-refractivity contribution < 1.29 is 22.7 Å². The summed E-state index contributed by atoms with van der Waals surface area (Å²) < 4.78 is 30.8. The van der Waals surface area contributed by atoms with Crippen molar-refractivity contribution in [2.75, 3.05) is 23.0 Å². The number of ether oxygens (including phenoxy) is 1. The van der Waals surface area contributed by atoms with Gasteiger partial charge in [-0.2, -0.15) is 0 Å². The average Bonchev–Trinajstić information content (AvgIpc) is 2.79. The number of halogens is 3. The summed E-state index contributed by atoms with van der Waals surface area (Å²) >= 11 is 18.6. The first-order chi connectivity index (χ1) is 16.0. The number of nitrogens with zero attached hydrogens (tertiary/aromatic N) is 1. The Morgan fingerprint density at radius 2 is 1.50 bits per heavy atom. The fourth-order valence-corrected chi connectivity index (χ4v) is 4.62. The molecule has 3 aromatic carbocycles. The Morgan fingerprint density at radius 3 is 2.06 bits per heavy atom. The monoisotopic (exact) mass is 540 g/mol. The molecule has 0 radical (unpaired) electrons. The van der Waals surface area contributed by atoms with Gasteiger partial charge in [0.1, 0.15) is 0 Å². The second kappa shape index (κ2) is 10.7. The second-order valence-electron chi connectivity index (χ2n) is 7.16. The number of hydrogen-bond acceptors (Lipinski definition) is 5. The zero-order chi connectivity index (χ0) is 25.0. The molecule has 3 aromatic rings. The van der Waals surface area contributed by atoms with E-state index in [2.05, 4.69) is 10.1 Å². The van der Waals surface area contributed by atoms with E-state index < -0.39 is 21.9 Å². The highest BCUT2D eigenvalue weighted by Crippen LogP contribution is 2.30. The van der Waals surface area contributed by atoms with Gasteiger partial charge in [0.25, 0.3) is 5.91 Å². The van der Waals surface area contributed by atoms with Gasteiger partial charge < -0.3 is 10.1 Å². The van der Waals surface area contributed by atoms with Crippen molar-refractivity contribution in [1.29, 1.82) is 0 Å². The number of nitrogens with one attached hydrogen (secondary N) is 1. The van der Waals surface area contributed by atoms with Crippen LogP contribution < -0.4 is 9.62 Å². The minimum absolute atomic E-state index is 0.0845. The lowest BCUT2D eigenvalue weighted by atomic mass is 10.1. The van der Waals surface area contributed by atoms with Crippen LogP contribution in [0, 0.1) is 0 Å². The first kappa shape index (κ1) is 25.8. The summed E-state index contributed by atoms with van der Waals surface area (Å²) in [5, 5.41) is 3.54. The predicted molar refractivity (Wildman–Crippen MR) is 135 cm³/mol. The third kappa shape index (κ3) is 6.01. The number of sulfonamides is 1. The summed E-state index contributed by atoms with van der Waals surface area (Å²) in [7, 11) is -2.45. The van der Waals surface area contributed by atoms with Crippen LogP contribution in [-0.4, -0.2) is 33.7 Å². The van der Waals surface area contributed by atoms with E-state index in [0.717, 1.165) is 10.6 Å².